The second-order valence-electron chi connectivity index (χ2n) is 3.37. The number of rotatable bonds is 6. The van der Waals surface area contributed by atoms with Crippen molar-refractivity contribution in [3.8, 4) is 5.75 Å². The van der Waals surface area contributed by atoms with Gasteiger partial charge in [0.2, 0.25) is 0 Å². The molecule has 0 aliphatic carbocycles. The first kappa shape index (κ1) is 12.3. The molecule has 1 aromatic rings. The van der Waals surface area contributed by atoms with Crippen LogP contribution in [-0.4, -0.2) is 20.3 Å². The maximum Gasteiger partial charge on any atom is 0.122 e. The van der Waals surface area contributed by atoms with E-state index in [-0.39, 0.29) is 0 Å². The van der Waals surface area contributed by atoms with Crippen molar-refractivity contribution < 1.29 is 9.47 Å². The second-order valence-corrected chi connectivity index (χ2v) is 3.64. The predicted molar refractivity (Wildman–Crippen MR) is 62.7 cm³/mol. The van der Waals surface area contributed by atoms with Crippen LogP contribution >= 0.6 is 11.6 Å². The van der Waals surface area contributed by atoms with E-state index in [4.69, 9.17) is 21.1 Å². The van der Waals surface area contributed by atoms with Crippen LogP contribution in [0.2, 0.25) is 0 Å². The van der Waals surface area contributed by atoms with Gasteiger partial charge < -0.3 is 9.47 Å². The zero-order valence-corrected chi connectivity index (χ0v) is 10.0. The zero-order chi connectivity index (χ0) is 11.1. The molecule has 1 rings (SSSR count). The summed E-state index contributed by atoms with van der Waals surface area (Å²) in [6.07, 6.45) is 0.904. The maximum atomic E-state index is 5.81. The molecule has 0 fully saturated rings. The highest BCUT2D eigenvalue weighted by atomic mass is 35.5. The van der Waals surface area contributed by atoms with Gasteiger partial charge in [0.05, 0.1) is 6.61 Å². The van der Waals surface area contributed by atoms with Gasteiger partial charge in [-0.1, -0.05) is 12.1 Å². The molecule has 0 N–H and O–H groups in total. The molecule has 0 unspecified atom stereocenters. The third-order valence-corrected chi connectivity index (χ3v) is 2.58. The zero-order valence-electron chi connectivity index (χ0n) is 9.25. The van der Waals surface area contributed by atoms with Crippen LogP contribution in [0.5, 0.6) is 5.75 Å². The Morgan fingerprint density at radius 3 is 2.73 bits per heavy atom. The van der Waals surface area contributed by atoms with Gasteiger partial charge in [-0.3, -0.25) is 0 Å². The monoisotopic (exact) mass is 228 g/mol. The molecule has 0 atom stereocenters. The lowest BCUT2D eigenvalue weighted by atomic mass is 10.1. The highest BCUT2D eigenvalue weighted by Gasteiger charge is 2.03. The van der Waals surface area contributed by atoms with Crippen LogP contribution in [0.3, 0.4) is 0 Å². The molecule has 0 aliphatic rings. The number of ether oxygens (including phenoxy) is 2. The molecule has 15 heavy (non-hydrogen) atoms. The van der Waals surface area contributed by atoms with Gasteiger partial charge in [0, 0.05) is 26.0 Å². The van der Waals surface area contributed by atoms with Crippen LogP contribution in [0.15, 0.2) is 18.2 Å². The summed E-state index contributed by atoms with van der Waals surface area (Å²) in [4.78, 5) is 0. The first-order chi connectivity index (χ1) is 7.29. The van der Waals surface area contributed by atoms with E-state index in [1.54, 1.807) is 7.11 Å². The van der Waals surface area contributed by atoms with Gasteiger partial charge in [-0.2, -0.15) is 0 Å². The summed E-state index contributed by atoms with van der Waals surface area (Å²) in [5.41, 5.74) is 2.26. The van der Waals surface area contributed by atoms with Gasteiger partial charge in [-0.25, -0.2) is 0 Å². The molecule has 0 bridgehead atoms. The van der Waals surface area contributed by atoms with Crippen molar-refractivity contribution in [2.45, 2.75) is 19.2 Å². The van der Waals surface area contributed by atoms with Crippen LogP contribution < -0.4 is 4.74 Å². The van der Waals surface area contributed by atoms with Crippen LogP contribution in [0, 0.1) is 6.92 Å². The number of benzene rings is 1. The lowest BCUT2D eigenvalue weighted by Gasteiger charge is -2.11. The minimum atomic E-state index is 0.529. The summed E-state index contributed by atoms with van der Waals surface area (Å²) in [6.45, 7) is 3.44. The average Bonchev–Trinajstić information content (AvgIpc) is 2.26. The Hall–Kier alpha value is -0.730. The summed E-state index contributed by atoms with van der Waals surface area (Å²) in [7, 11) is 1.69. The van der Waals surface area contributed by atoms with Crippen molar-refractivity contribution >= 4 is 11.6 Å². The van der Waals surface area contributed by atoms with Crippen LogP contribution in [-0.2, 0) is 10.6 Å². The first-order valence-corrected chi connectivity index (χ1v) is 5.59. The molecule has 1 aromatic carbocycles. The summed E-state index contributed by atoms with van der Waals surface area (Å²) in [5.74, 6) is 1.45. The standard InChI is InChI=1S/C12H17ClO2/c1-10-11(9-13)5-3-6-12(10)15-8-4-7-14-2/h3,5-6H,4,7-9H2,1-2H3. The molecular formula is C12H17ClO2. The highest BCUT2D eigenvalue weighted by molar-refractivity contribution is 6.17. The van der Waals surface area contributed by atoms with Gasteiger partial charge in [-0.15, -0.1) is 11.6 Å². The third kappa shape index (κ3) is 3.73. The van der Waals surface area contributed by atoms with E-state index in [1.807, 2.05) is 25.1 Å². The van der Waals surface area contributed by atoms with Crippen LogP contribution in [0.4, 0.5) is 0 Å². The Bertz CT molecular complexity index is 300. The molecule has 0 aromatic heterocycles. The van der Waals surface area contributed by atoms with Gasteiger partial charge in [0.1, 0.15) is 5.75 Å². The van der Waals surface area contributed by atoms with Crippen molar-refractivity contribution in [1.29, 1.82) is 0 Å². The molecule has 0 spiro atoms. The summed E-state index contributed by atoms with van der Waals surface area (Å²) < 4.78 is 10.6. The van der Waals surface area contributed by atoms with Gasteiger partial charge in [0.15, 0.2) is 0 Å². The minimum Gasteiger partial charge on any atom is -0.493 e. The van der Waals surface area contributed by atoms with Crippen molar-refractivity contribution in [3.63, 3.8) is 0 Å². The fourth-order valence-corrected chi connectivity index (χ4v) is 1.64. The normalized spacial score (nSPS) is 10.3. The van der Waals surface area contributed by atoms with Crippen LogP contribution in [0.25, 0.3) is 0 Å². The van der Waals surface area contributed by atoms with Crippen molar-refractivity contribution in [3.05, 3.63) is 29.3 Å². The lowest BCUT2D eigenvalue weighted by Crippen LogP contribution is -2.03. The van der Waals surface area contributed by atoms with E-state index in [1.165, 1.54) is 0 Å². The molecule has 2 nitrogen and oxygen atoms in total. The summed E-state index contributed by atoms with van der Waals surface area (Å²) >= 11 is 5.81. The Balaban J connectivity index is 2.53. The van der Waals surface area contributed by atoms with E-state index >= 15 is 0 Å². The van der Waals surface area contributed by atoms with Gasteiger partial charge in [0.25, 0.3) is 0 Å². The summed E-state index contributed by atoms with van der Waals surface area (Å²) in [5, 5.41) is 0. The van der Waals surface area contributed by atoms with Gasteiger partial charge >= 0.3 is 0 Å². The van der Waals surface area contributed by atoms with Gasteiger partial charge in [-0.05, 0) is 24.1 Å². The number of methoxy groups -OCH3 is 1. The minimum absolute atomic E-state index is 0.529. The van der Waals surface area contributed by atoms with E-state index in [0.717, 1.165) is 29.9 Å². The van der Waals surface area contributed by atoms with Crippen molar-refractivity contribution in [2.75, 3.05) is 20.3 Å². The molecule has 0 aliphatic heterocycles. The van der Waals surface area contributed by atoms with Crippen LogP contribution in [0.1, 0.15) is 17.5 Å². The Kier molecular flexibility index (Phi) is 5.51. The average molecular weight is 229 g/mol. The largest absolute Gasteiger partial charge is 0.493 e. The Morgan fingerprint density at radius 2 is 2.07 bits per heavy atom. The summed E-state index contributed by atoms with van der Waals surface area (Å²) in [6, 6.07) is 5.96. The molecule has 0 radical (unpaired) electrons. The Morgan fingerprint density at radius 1 is 1.27 bits per heavy atom. The van der Waals surface area contributed by atoms with E-state index in [2.05, 4.69) is 0 Å². The maximum absolute atomic E-state index is 5.81. The number of halogens is 1. The topological polar surface area (TPSA) is 18.5 Å². The molecule has 0 saturated heterocycles. The first-order valence-electron chi connectivity index (χ1n) is 5.05. The van der Waals surface area contributed by atoms with Crippen molar-refractivity contribution in [2.24, 2.45) is 0 Å². The molecule has 0 amide bonds. The number of hydrogen-bond acceptors (Lipinski definition) is 2. The molecule has 3 heteroatoms. The quantitative estimate of drug-likeness (QED) is 0.550. The predicted octanol–water partition coefficient (Wildman–Crippen LogP) is 3.15. The van der Waals surface area contributed by atoms with E-state index in [0.29, 0.717) is 12.5 Å². The number of hydrogen-bond donors (Lipinski definition) is 0. The second kappa shape index (κ2) is 6.70. The fourth-order valence-electron chi connectivity index (χ4n) is 1.35. The number of alkyl halides is 1. The van der Waals surface area contributed by atoms with E-state index < -0.39 is 0 Å². The van der Waals surface area contributed by atoms with Crippen molar-refractivity contribution in [1.82, 2.24) is 0 Å². The Labute approximate surface area is 96.2 Å². The SMILES string of the molecule is COCCCOc1cccc(CCl)c1C. The smallest absolute Gasteiger partial charge is 0.122 e. The highest BCUT2D eigenvalue weighted by Crippen LogP contribution is 2.22. The molecular weight excluding hydrogens is 212 g/mol. The fraction of sp³-hybridized carbons (Fsp3) is 0.500. The molecule has 0 heterocycles. The van der Waals surface area contributed by atoms with E-state index in [9.17, 15) is 0 Å². The molecule has 0 saturated carbocycles. The lowest BCUT2D eigenvalue weighted by molar-refractivity contribution is 0.172. The third-order valence-electron chi connectivity index (χ3n) is 2.29. The molecule has 84 valence electrons.